The Labute approximate surface area is 102 Å². The summed E-state index contributed by atoms with van der Waals surface area (Å²) in [6.45, 7) is 5.76. The van der Waals surface area contributed by atoms with Gasteiger partial charge in [0.15, 0.2) is 0 Å². The number of likely N-dealkylation sites (tertiary alicyclic amines) is 1. The Balaban J connectivity index is 2.02. The summed E-state index contributed by atoms with van der Waals surface area (Å²) in [6.07, 6.45) is 1.26. The van der Waals surface area contributed by atoms with Crippen LogP contribution in [0.25, 0.3) is 0 Å². The van der Waals surface area contributed by atoms with Crippen molar-refractivity contribution in [3.8, 4) is 0 Å². The number of ether oxygens (including phenoxy) is 1. The van der Waals surface area contributed by atoms with Gasteiger partial charge >= 0.3 is 0 Å². The molecule has 2 saturated heterocycles. The van der Waals surface area contributed by atoms with E-state index in [1.807, 2.05) is 18.7 Å². The Bertz CT molecular complexity index is 309. The third-order valence-corrected chi connectivity index (χ3v) is 4.13. The van der Waals surface area contributed by atoms with Crippen molar-refractivity contribution in [2.75, 3.05) is 26.3 Å². The number of amides is 1. The van der Waals surface area contributed by atoms with Crippen molar-refractivity contribution in [2.24, 2.45) is 11.1 Å². The van der Waals surface area contributed by atoms with Crippen LogP contribution >= 0.6 is 0 Å². The summed E-state index contributed by atoms with van der Waals surface area (Å²) in [5.74, 6) is 0.0676. The van der Waals surface area contributed by atoms with Crippen LogP contribution in [0.5, 0.6) is 0 Å². The summed E-state index contributed by atoms with van der Waals surface area (Å²) in [7, 11) is 0. The summed E-state index contributed by atoms with van der Waals surface area (Å²) < 4.78 is 5.30. The van der Waals surface area contributed by atoms with Gasteiger partial charge in [-0.1, -0.05) is 0 Å². The highest BCUT2D eigenvalue weighted by molar-refractivity contribution is 5.83. The standard InChI is InChI=1S/C12H22N2O3/c1-11(16)3-5-14(6-4-11)10(15)12(2)8-17-7-9(12)13/h9,16H,3-8,13H2,1-2H3. The van der Waals surface area contributed by atoms with Crippen LogP contribution in [0.2, 0.25) is 0 Å². The Morgan fingerprint density at radius 3 is 2.47 bits per heavy atom. The minimum absolute atomic E-state index is 0.0676. The second kappa shape index (κ2) is 4.23. The summed E-state index contributed by atoms with van der Waals surface area (Å²) in [5.41, 5.74) is 4.73. The van der Waals surface area contributed by atoms with E-state index in [1.165, 1.54) is 0 Å². The molecule has 0 aromatic heterocycles. The van der Waals surface area contributed by atoms with Gasteiger partial charge in [0.25, 0.3) is 0 Å². The lowest BCUT2D eigenvalue weighted by atomic mass is 9.83. The van der Waals surface area contributed by atoms with E-state index in [4.69, 9.17) is 10.5 Å². The van der Waals surface area contributed by atoms with Crippen molar-refractivity contribution in [3.05, 3.63) is 0 Å². The van der Waals surface area contributed by atoms with Gasteiger partial charge in [0.1, 0.15) is 0 Å². The molecule has 2 rings (SSSR count). The zero-order chi connectivity index (χ0) is 12.7. The van der Waals surface area contributed by atoms with Gasteiger partial charge in [-0.15, -0.1) is 0 Å². The molecule has 0 spiro atoms. The summed E-state index contributed by atoms with van der Waals surface area (Å²) in [4.78, 5) is 14.2. The maximum absolute atomic E-state index is 12.4. The normalized spacial score (nSPS) is 37.2. The van der Waals surface area contributed by atoms with Crippen molar-refractivity contribution >= 4 is 5.91 Å². The molecule has 0 saturated carbocycles. The minimum Gasteiger partial charge on any atom is -0.390 e. The Morgan fingerprint density at radius 2 is 2.00 bits per heavy atom. The Hall–Kier alpha value is -0.650. The first-order valence-corrected chi connectivity index (χ1v) is 6.20. The molecule has 17 heavy (non-hydrogen) atoms. The smallest absolute Gasteiger partial charge is 0.232 e. The molecule has 1 amide bonds. The molecule has 0 aliphatic carbocycles. The molecule has 2 aliphatic heterocycles. The minimum atomic E-state index is -0.633. The van der Waals surface area contributed by atoms with Crippen LogP contribution < -0.4 is 5.73 Å². The van der Waals surface area contributed by atoms with E-state index >= 15 is 0 Å². The highest BCUT2D eigenvalue weighted by Gasteiger charge is 2.47. The van der Waals surface area contributed by atoms with Crippen LogP contribution in [-0.2, 0) is 9.53 Å². The lowest BCUT2D eigenvalue weighted by molar-refractivity contribution is -0.145. The van der Waals surface area contributed by atoms with Crippen molar-refractivity contribution in [2.45, 2.75) is 38.3 Å². The lowest BCUT2D eigenvalue weighted by Gasteiger charge is -2.40. The summed E-state index contributed by atoms with van der Waals surface area (Å²) in [6, 6.07) is -0.225. The fourth-order valence-electron chi connectivity index (χ4n) is 2.46. The summed E-state index contributed by atoms with van der Waals surface area (Å²) in [5, 5.41) is 9.87. The number of carbonyl (C=O) groups is 1. The van der Waals surface area contributed by atoms with Gasteiger partial charge in [0.05, 0.1) is 24.2 Å². The quantitative estimate of drug-likeness (QED) is 0.663. The molecule has 3 N–H and O–H groups in total. The van der Waals surface area contributed by atoms with Gasteiger partial charge in [0, 0.05) is 19.1 Å². The van der Waals surface area contributed by atoms with Crippen molar-refractivity contribution in [1.29, 1.82) is 0 Å². The van der Waals surface area contributed by atoms with Crippen LogP contribution in [0.1, 0.15) is 26.7 Å². The number of nitrogens with zero attached hydrogens (tertiary/aromatic N) is 1. The second-order valence-electron chi connectivity index (χ2n) is 5.83. The maximum Gasteiger partial charge on any atom is 0.232 e. The topological polar surface area (TPSA) is 75.8 Å². The Morgan fingerprint density at radius 1 is 1.41 bits per heavy atom. The fourth-order valence-corrected chi connectivity index (χ4v) is 2.46. The highest BCUT2D eigenvalue weighted by atomic mass is 16.5. The van der Waals surface area contributed by atoms with Gasteiger partial charge < -0.3 is 20.5 Å². The van der Waals surface area contributed by atoms with E-state index in [1.54, 1.807) is 0 Å². The van der Waals surface area contributed by atoms with Gasteiger partial charge in [-0.25, -0.2) is 0 Å². The number of piperidine rings is 1. The van der Waals surface area contributed by atoms with Crippen LogP contribution in [0.4, 0.5) is 0 Å². The molecular formula is C12H22N2O3. The number of rotatable bonds is 1. The van der Waals surface area contributed by atoms with Gasteiger partial charge in [0.2, 0.25) is 5.91 Å². The largest absolute Gasteiger partial charge is 0.390 e. The zero-order valence-corrected chi connectivity index (χ0v) is 10.6. The van der Waals surface area contributed by atoms with E-state index in [-0.39, 0.29) is 11.9 Å². The third kappa shape index (κ3) is 2.32. The van der Waals surface area contributed by atoms with E-state index < -0.39 is 11.0 Å². The molecule has 98 valence electrons. The van der Waals surface area contributed by atoms with Gasteiger partial charge in [-0.3, -0.25) is 4.79 Å². The van der Waals surface area contributed by atoms with E-state index in [9.17, 15) is 9.90 Å². The third-order valence-electron chi connectivity index (χ3n) is 4.13. The molecule has 0 bridgehead atoms. The van der Waals surface area contributed by atoms with Crippen LogP contribution in [-0.4, -0.2) is 53.9 Å². The molecule has 2 unspecified atom stereocenters. The van der Waals surface area contributed by atoms with Crippen molar-refractivity contribution in [3.63, 3.8) is 0 Å². The number of aliphatic hydroxyl groups is 1. The number of hydrogen-bond acceptors (Lipinski definition) is 4. The first kappa shape index (κ1) is 12.8. The average Bonchev–Trinajstić information content (AvgIpc) is 2.60. The van der Waals surface area contributed by atoms with Crippen LogP contribution in [0.3, 0.4) is 0 Å². The van der Waals surface area contributed by atoms with Crippen LogP contribution in [0, 0.1) is 5.41 Å². The highest BCUT2D eigenvalue weighted by Crippen LogP contribution is 2.31. The fraction of sp³-hybridized carbons (Fsp3) is 0.917. The molecule has 0 radical (unpaired) electrons. The molecule has 5 nitrogen and oxygen atoms in total. The van der Waals surface area contributed by atoms with E-state index in [2.05, 4.69) is 0 Å². The second-order valence-corrected chi connectivity index (χ2v) is 5.83. The SMILES string of the molecule is CC1(O)CCN(C(=O)C2(C)COCC2N)CC1. The molecule has 2 fully saturated rings. The zero-order valence-electron chi connectivity index (χ0n) is 10.6. The molecule has 0 aromatic carbocycles. The van der Waals surface area contributed by atoms with Crippen molar-refractivity contribution < 1.29 is 14.6 Å². The molecular weight excluding hydrogens is 220 g/mol. The average molecular weight is 242 g/mol. The van der Waals surface area contributed by atoms with Gasteiger partial charge in [-0.05, 0) is 26.7 Å². The number of nitrogens with two attached hydrogens (primary N) is 1. The first-order chi connectivity index (χ1) is 7.85. The molecule has 2 heterocycles. The molecule has 0 aromatic rings. The number of carbonyl (C=O) groups excluding carboxylic acids is 1. The predicted molar refractivity (Wildman–Crippen MR) is 63.3 cm³/mol. The van der Waals surface area contributed by atoms with Crippen LogP contribution in [0.15, 0.2) is 0 Å². The lowest BCUT2D eigenvalue weighted by Crippen LogP contribution is -2.55. The molecule has 2 atom stereocenters. The Kier molecular flexibility index (Phi) is 3.18. The summed E-state index contributed by atoms with van der Waals surface area (Å²) >= 11 is 0. The first-order valence-electron chi connectivity index (χ1n) is 6.20. The number of hydrogen-bond donors (Lipinski definition) is 2. The van der Waals surface area contributed by atoms with Crippen molar-refractivity contribution in [1.82, 2.24) is 4.90 Å². The van der Waals surface area contributed by atoms with Gasteiger partial charge in [-0.2, -0.15) is 0 Å². The predicted octanol–water partition coefficient (Wildman–Crippen LogP) is -0.276. The van der Waals surface area contributed by atoms with E-state index in [0.29, 0.717) is 39.1 Å². The molecule has 2 aliphatic rings. The maximum atomic E-state index is 12.4. The van der Waals surface area contributed by atoms with E-state index in [0.717, 1.165) is 0 Å². The molecule has 5 heteroatoms. The monoisotopic (exact) mass is 242 g/mol.